The van der Waals surface area contributed by atoms with Gasteiger partial charge in [-0.25, -0.2) is 4.98 Å². The summed E-state index contributed by atoms with van der Waals surface area (Å²) < 4.78 is 0. The van der Waals surface area contributed by atoms with Crippen LogP contribution in [0.1, 0.15) is 36.3 Å². The molecule has 1 amide bonds. The lowest BCUT2D eigenvalue weighted by Crippen LogP contribution is -2.33. The van der Waals surface area contributed by atoms with E-state index in [1.54, 1.807) is 26.1 Å². The van der Waals surface area contributed by atoms with Crippen LogP contribution in [-0.4, -0.2) is 40.6 Å². The van der Waals surface area contributed by atoms with Gasteiger partial charge in [0.2, 0.25) is 0 Å². The summed E-state index contributed by atoms with van der Waals surface area (Å²) in [7, 11) is 1.66. The summed E-state index contributed by atoms with van der Waals surface area (Å²) in [6.45, 7) is 3.98. The van der Waals surface area contributed by atoms with Gasteiger partial charge in [0, 0.05) is 24.8 Å². The summed E-state index contributed by atoms with van der Waals surface area (Å²) in [5.74, 6) is -0.155. The number of aromatic nitrogens is 1. The number of aliphatic hydroxyl groups excluding tert-OH is 1. The molecule has 5 heteroatoms. The van der Waals surface area contributed by atoms with Crippen molar-refractivity contribution in [3.8, 4) is 0 Å². The molecule has 1 aromatic rings. The lowest BCUT2D eigenvalue weighted by molar-refractivity contribution is 0.0703. The molecule has 0 aliphatic rings. The Kier molecular flexibility index (Phi) is 5.56. The van der Waals surface area contributed by atoms with Crippen LogP contribution >= 0.6 is 11.6 Å². The van der Waals surface area contributed by atoms with E-state index in [0.29, 0.717) is 17.3 Å². The van der Waals surface area contributed by atoms with Crippen molar-refractivity contribution in [3.05, 3.63) is 28.5 Å². The molecular formula is C13H19ClN2O2. The first-order chi connectivity index (χ1) is 8.43. The summed E-state index contributed by atoms with van der Waals surface area (Å²) in [6, 6.07) is 3.32. The van der Waals surface area contributed by atoms with Crippen LogP contribution in [0, 0.1) is 0 Å². The average Bonchev–Trinajstić information content (AvgIpc) is 2.26. The number of carbonyl (C=O) groups excluding carboxylic acids is 1. The molecule has 1 unspecified atom stereocenters. The Morgan fingerprint density at radius 2 is 2.22 bits per heavy atom. The third kappa shape index (κ3) is 4.27. The van der Waals surface area contributed by atoms with Gasteiger partial charge in [0.05, 0.1) is 6.10 Å². The molecule has 18 heavy (non-hydrogen) atoms. The van der Waals surface area contributed by atoms with E-state index < -0.39 is 6.10 Å². The first-order valence-electron chi connectivity index (χ1n) is 6.04. The third-order valence-corrected chi connectivity index (χ3v) is 2.68. The van der Waals surface area contributed by atoms with Crippen LogP contribution < -0.4 is 0 Å². The summed E-state index contributed by atoms with van der Waals surface area (Å²) in [4.78, 5) is 17.8. The van der Waals surface area contributed by atoms with Gasteiger partial charge < -0.3 is 10.0 Å². The molecule has 0 fully saturated rings. The number of hydrogen-bond acceptors (Lipinski definition) is 3. The maximum Gasteiger partial charge on any atom is 0.253 e. The van der Waals surface area contributed by atoms with Crippen LogP contribution in [-0.2, 0) is 6.42 Å². The minimum atomic E-state index is -0.550. The standard InChI is InChI=1S/C13H19ClN2O2/c1-4-5-11-6-10(7-12(14)15-11)13(18)16(3)8-9(2)17/h6-7,9,17H,4-5,8H2,1-3H3. The van der Waals surface area contributed by atoms with E-state index in [4.69, 9.17) is 11.6 Å². The number of pyridine rings is 1. The topological polar surface area (TPSA) is 53.4 Å². The highest BCUT2D eigenvalue weighted by molar-refractivity contribution is 6.29. The number of aliphatic hydroxyl groups is 1. The van der Waals surface area contributed by atoms with E-state index in [0.717, 1.165) is 18.5 Å². The zero-order valence-electron chi connectivity index (χ0n) is 11.0. The zero-order valence-corrected chi connectivity index (χ0v) is 11.7. The number of rotatable bonds is 5. The van der Waals surface area contributed by atoms with Crippen molar-refractivity contribution in [1.82, 2.24) is 9.88 Å². The normalized spacial score (nSPS) is 12.3. The number of carbonyl (C=O) groups is 1. The molecule has 1 heterocycles. The maximum absolute atomic E-state index is 12.1. The molecule has 0 spiro atoms. The second-order valence-electron chi connectivity index (χ2n) is 4.45. The van der Waals surface area contributed by atoms with Crippen LogP contribution in [0.5, 0.6) is 0 Å². The molecule has 0 bridgehead atoms. The fourth-order valence-electron chi connectivity index (χ4n) is 1.76. The maximum atomic E-state index is 12.1. The second-order valence-corrected chi connectivity index (χ2v) is 4.84. The van der Waals surface area contributed by atoms with E-state index in [-0.39, 0.29) is 5.91 Å². The molecule has 100 valence electrons. The van der Waals surface area contributed by atoms with Crippen LogP contribution in [0.3, 0.4) is 0 Å². The van der Waals surface area contributed by atoms with Gasteiger partial charge in [-0.05, 0) is 25.5 Å². The number of amides is 1. The first kappa shape index (κ1) is 14.9. The molecular weight excluding hydrogens is 252 g/mol. The van der Waals surface area contributed by atoms with Crippen LogP contribution in [0.4, 0.5) is 0 Å². The molecule has 0 aromatic carbocycles. The molecule has 1 N–H and O–H groups in total. The Morgan fingerprint density at radius 1 is 1.56 bits per heavy atom. The van der Waals surface area contributed by atoms with Gasteiger partial charge in [-0.15, -0.1) is 0 Å². The van der Waals surface area contributed by atoms with Crippen molar-refractivity contribution >= 4 is 17.5 Å². The van der Waals surface area contributed by atoms with Crippen molar-refractivity contribution in [3.63, 3.8) is 0 Å². The summed E-state index contributed by atoms with van der Waals surface area (Å²) in [5.41, 5.74) is 1.33. The number of halogens is 1. The molecule has 0 saturated carbocycles. The van der Waals surface area contributed by atoms with Crippen molar-refractivity contribution < 1.29 is 9.90 Å². The average molecular weight is 271 g/mol. The van der Waals surface area contributed by atoms with Crippen LogP contribution in [0.15, 0.2) is 12.1 Å². The van der Waals surface area contributed by atoms with Crippen LogP contribution in [0.2, 0.25) is 5.15 Å². The smallest absolute Gasteiger partial charge is 0.253 e. The highest BCUT2D eigenvalue weighted by Crippen LogP contribution is 2.14. The number of likely N-dealkylation sites (N-methyl/N-ethyl adjacent to an activating group) is 1. The van der Waals surface area contributed by atoms with Crippen LogP contribution in [0.25, 0.3) is 0 Å². The third-order valence-electron chi connectivity index (χ3n) is 2.49. The van der Waals surface area contributed by atoms with Gasteiger partial charge in [0.15, 0.2) is 0 Å². The van der Waals surface area contributed by atoms with Crippen molar-refractivity contribution in [2.24, 2.45) is 0 Å². The van der Waals surface area contributed by atoms with E-state index in [9.17, 15) is 9.90 Å². The SMILES string of the molecule is CCCc1cc(C(=O)N(C)CC(C)O)cc(Cl)n1. The fraction of sp³-hybridized carbons (Fsp3) is 0.538. The fourth-order valence-corrected chi connectivity index (χ4v) is 1.98. The van der Waals surface area contributed by atoms with Crippen molar-refractivity contribution in [1.29, 1.82) is 0 Å². The number of nitrogens with zero attached hydrogens (tertiary/aromatic N) is 2. The van der Waals surface area contributed by atoms with E-state index >= 15 is 0 Å². The molecule has 1 aromatic heterocycles. The van der Waals surface area contributed by atoms with Gasteiger partial charge in [-0.1, -0.05) is 24.9 Å². The molecule has 4 nitrogen and oxygen atoms in total. The predicted octanol–water partition coefficient (Wildman–Crippen LogP) is 2.14. The number of hydrogen-bond donors (Lipinski definition) is 1. The van der Waals surface area contributed by atoms with Gasteiger partial charge >= 0.3 is 0 Å². The lowest BCUT2D eigenvalue weighted by Gasteiger charge is -2.19. The summed E-state index contributed by atoms with van der Waals surface area (Å²) in [5, 5.41) is 9.61. The Bertz CT molecular complexity index is 421. The van der Waals surface area contributed by atoms with E-state index in [2.05, 4.69) is 4.98 Å². The first-order valence-corrected chi connectivity index (χ1v) is 6.41. The minimum absolute atomic E-state index is 0.155. The van der Waals surface area contributed by atoms with Crippen molar-refractivity contribution in [2.75, 3.05) is 13.6 Å². The quantitative estimate of drug-likeness (QED) is 0.834. The minimum Gasteiger partial charge on any atom is -0.392 e. The highest BCUT2D eigenvalue weighted by atomic mass is 35.5. The van der Waals surface area contributed by atoms with Gasteiger partial charge in [0.25, 0.3) is 5.91 Å². The Labute approximate surface area is 113 Å². The predicted molar refractivity (Wildman–Crippen MR) is 71.9 cm³/mol. The molecule has 1 rings (SSSR count). The largest absolute Gasteiger partial charge is 0.392 e. The summed E-state index contributed by atoms with van der Waals surface area (Å²) in [6.07, 6.45) is 1.19. The molecule has 0 saturated heterocycles. The van der Waals surface area contributed by atoms with Crippen molar-refractivity contribution in [2.45, 2.75) is 32.8 Å². The molecule has 0 aliphatic carbocycles. The monoisotopic (exact) mass is 270 g/mol. The van der Waals surface area contributed by atoms with E-state index in [1.165, 1.54) is 4.90 Å². The zero-order chi connectivity index (χ0) is 13.7. The van der Waals surface area contributed by atoms with Gasteiger partial charge in [-0.2, -0.15) is 0 Å². The molecule has 0 aliphatic heterocycles. The number of aryl methyl sites for hydroxylation is 1. The van der Waals surface area contributed by atoms with E-state index in [1.807, 2.05) is 6.92 Å². The van der Waals surface area contributed by atoms with Gasteiger partial charge in [-0.3, -0.25) is 4.79 Å². The van der Waals surface area contributed by atoms with Gasteiger partial charge in [0.1, 0.15) is 5.15 Å². The lowest BCUT2D eigenvalue weighted by atomic mass is 10.1. The molecule has 1 atom stereocenters. The summed E-state index contributed by atoms with van der Waals surface area (Å²) >= 11 is 5.91. The Morgan fingerprint density at radius 3 is 2.78 bits per heavy atom. The molecule has 0 radical (unpaired) electrons. The Hall–Kier alpha value is -1.13. The second kappa shape index (κ2) is 6.71. The Balaban J connectivity index is 2.91. The highest BCUT2D eigenvalue weighted by Gasteiger charge is 2.15.